The van der Waals surface area contributed by atoms with Crippen molar-refractivity contribution in [3.63, 3.8) is 0 Å². The summed E-state index contributed by atoms with van der Waals surface area (Å²) in [6.07, 6.45) is 3.53. The Morgan fingerprint density at radius 1 is 1.19 bits per heavy atom. The number of morpholine rings is 1. The summed E-state index contributed by atoms with van der Waals surface area (Å²) >= 11 is 1.73. The van der Waals surface area contributed by atoms with Gasteiger partial charge >= 0.3 is 6.03 Å². The van der Waals surface area contributed by atoms with Gasteiger partial charge in [-0.2, -0.15) is 0 Å². The first-order valence-electron chi connectivity index (χ1n) is 9.22. The number of rotatable bonds is 2. The second kappa shape index (κ2) is 7.36. The number of urea groups is 1. The number of nitrogens with zero attached hydrogens (tertiary/aromatic N) is 4. The number of fused-ring (bicyclic) bond motifs is 1. The lowest BCUT2D eigenvalue weighted by Gasteiger charge is -2.35. The Kier molecular flexibility index (Phi) is 4.95. The summed E-state index contributed by atoms with van der Waals surface area (Å²) in [4.78, 5) is 27.9. The highest BCUT2D eigenvalue weighted by molar-refractivity contribution is 7.18. The van der Waals surface area contributed by atoms with Gasteiger partial charge in [-0.05, 0) is 32.3 Å². The van der Waals surface area contributed by atoms with E-state index in [0.29, 0.717) is 26.3 Å². The van der Waals surface area contributed by atoms with Gasteiger partial charge in [-0.15, -0.1) is 11.3 Å². The molecular weight excluding hydrogens is 350 g/mol. The molecule has 4 heterocycles. The number of hydrogen-bond acceptors (Lipinski definition) is 6. The molecule has 2 fully saturated rings. The number of amides is 2. The standard InChI is InChI=1S/C18H25N5O2S/c1-12-13(2)26-17-15(12)16(19-11-20-17)22-5-3-14(4-6-22)21-18(24)23-7-9-25-10-8-23/h11,14H,3-10H2,1-2H3,(H,21,24). The fourth-order valence-corrected chi connectivity index (χ4v) is 4.66. The van der Waals surface area contributed by atoms with E-state index in [-0.39, 0.29) is 12.1 Å². The van der Waals surface area contributed by atoms with Crippen molar-refractivity contribution in [3.05, 3.63) is 16.8 Å². The van der Waals surface area contributed by atoms with Crippen molar-refractivity contribution in [1.29, 1.82) is 0 Å². The van der Waals surface area contributed by atoms with E-state index >= 15 is 0 Å². The first kappa shape index (κ1) is 17.5. The topological polar surface area (TPSA) is 70.6 Å². The monoisotopic (exact) mass is 375 g/mol. The van der Waals surface area contributed by atoms with Crippen molar-refractivity contribution in [3.8, 4) is 0 Å². The van der Waals surface area contributed by atoms with Gasteiger partial charge in [0.05, 0.1) is 18.6 Å². The zero-order valence-electron chi connectivity index (χ0n) is 15.3. The van der Waals surface area contributed by atoms with Gasteiger partial charge in [0.2, 0.25) is 0 Å². The highest BCUT2D eigenvalue weighted by Gasteiger charge is 2.26. The summed E-state index contributed by atoms with van der Waals surface area (Å²) < 4.78 is 5.31. The van der Waals surface area contributed by atoms with Crippen LogP contribution in [0.3, 0.4) is 0 Å². The summed E-state index contributed by atoms with van der Waals surface area (Å²) in [7, 11) is 0. The quantitative estimate of drug-likeness (QED) is 0.872. The Bertz CT molecular complexity index is 794. The summed E-state index contributed by atoms with van der Waals surface area (Å²) in [6.45, 7) is 8.71. The van der Waals surface area contributed by atoms with Crippen LogP contribution < -0.4 is 10.2 Å². The Balaban J connectivity index is 1.40. The molecule has 26 heavy (non-hydrogen) atoms. The molecule has 0 saturated carbocycles. The van der Waals surface area contributed by atoms with E-state index in [1.165, 1.54) is 15.8 Å². The van der Waals surface area contributed by atoms with Gasteiger partial charge in [-0.25, -0.2) is 14.8 Å². The molecular formula is C18H25N5O2S. The smallest absolute Gasteiger partial charge is 0.317 e. The van der Waals surface area contributed by atoms with Crippen molar-refractivity contribution in [2.45, 2.75) is 32.7 Å². The van der Waals surface area contributed by atoms with Crippen LogP contribution in [0.4, 0.5) is 10.6 Å². The number of ether oxygens (including phenoxy) is 1. The molecule has 2 aliphatic heterocycles. The lowest BCUT2D eigenvalue weighted by atomic mass is 10.0. The third-order valence-corrected chi connectivity index (χ3v) is 6.48. The molecule has 140 valence electrons. The van der Waals surface area contributed by atoms with E-state index in [1.807, 2.05) is 4.90 Å². The lowest BCUT2D eigenvalue weighted by Crippen LogP contribution is -2.52. The van der Waals surface area contributed by atoms with Crippen LogP contribution in [-0.2, 0) is 4.74 Å². The average Bonchev–Trinajstić information content (AvgIpc) is 2.97. The molecule has 2 aliphatic rings. The maximum atomic E-state index is 12.4. The van der Waals surface area contributed by atoms with Gasteiger partial charge in [0, 0.05) is 37.1 Å². The minimum atomic E-state index is 0.0421. The van der Waals surface area contributed by atoms with Crippen LogP contribution in [0.15, 0.2) is 6.33 Å². The Labute approximate surface area is 157 Å². The van der Waals surface area contributed by atoms with Gasteiger partial charge in [0.1, 0.15) is 17.0 Å². The molecule has 1 N–H and O–H groups in total. The Morgan fingerprint density at radius 2 is 1.92 bits per heavy atom. The molecule has 4 rings (SSSR count). The fourth-order valence-electron chi connectivity index (χ4n) is 3.67. The van der Waals surface area contributed by atoms with Crippen LogP contribution in [0.25, 0.3) is 10.2 Å². The summed E-state index contributed by atoms with van der Waals surface area (Å²) in [6, 6.07) is 0.268. The zero-order chi connectivity index (χ0) is 18.1. The molecule has 0 aliphatic carbocycles. The molecule has 2 saturated heterocycles. The predicted octanol–water partition coefficient (Wildman–Crippen LogP) is 2.32. The third-order valence-electron chi connectivity index (χ3n) is 5.37. The third kappa shape index (κ3) is 3.35. The normalized spacial score (nSPS) is 19.2. The first-order valence-corrected chi connectivity index (χ1v) is 10.0. The highest BCUT2D eigenvalue weighted by atomic mass is 32.1. The van der Waals surface area contributed by atoms with E-state index in [4.69, 9.17) is 4.74 Å². The van der Waals surface area contributed by atoms with E-state index in [0.717, 1.165) is 36.6 Å². The largest absolute Gasteiger partial charge is 0.378 e. The number of aryl methyl sites for hydroxylation is 2. The number of aromatic nitrogens is 2. The van der Waals surface area contributed by atoms with E-state index in [9.17, 15) is 4.79 Å². The van der Waals surface area contributed by atoms with E-state index in [1.54, 1.807) is 17.7 Å². The second-order valence-electron chi connectivity index (χ2n) is 6.97. The number of piperidine rings is 1. The van der Waals surface area contributed by atoms with Crippen LogP contribution in [0, 0.1) is 13.8 Å². The molecule has 7 nitrogen and oxygen atoms in total. The Hall–Kier alpha value is -1.93. The fraction of sp³-hybridized carbons (Fsp3) is 0.611. The highest BCUT2D eigenvalue weighted by Crippen LogP contribution is 2.35. The molecule has 0 bridgehead atoms. The van der Waals surface area contributed by atoms with Crippen molar-refractivity contribution in [2.24, 2.45) is 0 Å². The molecule has 8 heteroatoms. The van der Waals surface area contributed by atoms with Crippen molar-refractivity contribution < 1.29 is 9.53 Å². The average molecular weight is 375 g/mol. The van der Waals surface area contributed by atoms with Gasteiger partial charge in [0.15, 0.2) is 0 Å². The van der Waals surface area contributed by atoms with E-state index < -0.39 is 0 Å². The van der Waals surface area contributed by atoms with Gasteiger partial charge < -0.3 is 19.9 Å². The van der Waals surface area contributed by atoms with Gasteiger partial charge in [0.25, 0.3) is 0 Å². The van der Waals surface area contributed by atoms with Crippen molar-refractivity contribution >= 4 is 33.4 Å². The molecule has 0 radical (unpaired) electrons. The maximum absolute atomic E-state index is 12.4. The lowest BCUT2D eigenvalue weighted by molar-refractivity contribution is 0.0523. The van der Waals surface area contributed by atoms with Crippen LogP contribution >= 0.6 is 11.3 Å². The summed E-state index contributed by atoms with van der Waals surface area (Å²) in [5.74, 6) is 1.04. The number of thiophene rings is 1. The number of carbonyl (C=O) groups is 1. The van der Waals surface area contributed by atoms with Crippen molar-refractivity contribution in [1.82, 2.24) is 20.2 Å². The van der Waals surface area contributed by atoms with Crippen LogP contribution in [0.2, 0.25) is 0 Å². The molecule has 0 atom stereocenters. The maximum Gasteiger partial charge on any atom is 0.317 e. The zero-order valence-corrected chi connectivity index (χ0v) is 16.1. The summed E-state index contributed by atoms with van der Waals surface area (Å²) in [5, 5.41) is 4.37. The van der Waals surface area contributed by atoms with Gasteiger partial charge in [-0.3, -0.25) is 0 Å². The minimum Gasteiger partial charge on any atom is -0.378 e. The van der Waals surface area contributed by atoms with Gasteiger partial charge in [-0.1, -0.05) is 0 Å². The molecule has 2 aromatic heterocycles. The predicted molar refractivity (Wildman–Crippen MR) is 103 cm³/mol. The number of nitrogens with one attached hydrogen (secondary N) is 1. The number of hydrogen-bond donors (Lipinski definition) is 1. The number of carbonyl (C=O) groups excluding carboxylic acids is 1. The second-order valence-corrected chi connectivity index (χ2v) is 8.17. The van der Waals surface area contributed by atoms with E-state index in [2.05, 4.69) is 34.0 Å². The first-order chi connectivity index (χ1) is 12.6. The molecule has 2 amide bonds. The summed E-state index contributed by atoms with van der Waals surface area (Å²) in [5.41, 5.74) is 1.28. The van der Waals surface area contributed by atoms with Crippen LogP contribution in [0.5, 0.6) is 0 Å². The number of anilines is 1. The molecule has 0 unspecified atom stereocenters. The minimum absolute atomic E-state index is 0.0421. The molecule has 0 aromatic carbocycles. The van der Waals surface area contributed by atoms with Crippen molar-refractivity contribution in [2.75, 3.05) is 44.3 Å². The molecule has 0 spiro atoms. The van der Waals surface area contributed by atoms with Crippen LogP contribution in [-0.4, -0.2) is 66.3 Å². The molecule has 2 aromatic rings. The Morgan fingerprint density at radius 3 is 2.65 bits per heavy atom. The SMILES string of the molecule is Cc1sc2ncnc(N3CCC(NC(=O)N4CCOCC4)CC3)c2c1C. The van der Waals surface area contributed by atoms with Crippen LogP contribution in [0.1, 0.15) is 23.3 Å².